The Morgan fingerprint density at radius 2 is 1.78 bits per heavy atom. The molecular formula is C11H11N7. The van der Waals surface area contributed by atoms with Gasteiger partial charge in [0.25, 0.3) is 0 Å². The third-order valence-corrected chi connectivity index (χ3v) is 2.15. The molecule has 1 aromatic carbocycles. The first-order valence-corrected chi connectivity index (χ1v) is 5.18. The minimum atomic E-state index is 0.130. The number of benzene rings is 1. The van der Waals surface area contributed by atoms with Crippen LogP contribution in [-0.4, -0.2) is 22.0 Å². The number of nitrogen functional groups attached to an aromatic ring is 1. The van der Waals surface area contributed by atoms with Gasteiger partial charge in [-0.1, -0.05) is 0 Å². The van der Waals surface area contributed by atoms with Crippen LogP contribution in [-0.2, 0) is 0 Å². The van der Waals surface area contributed by atoms with Crippen LogP contribution >= 0.6 is 0 Å². The molecule has 2 aromatic rings. The Hall–Kier alpha value is -2.88. The van der Waals surface area contributed by atoms with Crippen LogP contribution in [0, 0.1) is 11.3 Å². The van der Waals surface area contributed by atoms with Crippen molar-refractivity contribution < 1.29 is 0 Å². The van der Waals surface area contributed by atoms with Crippen LogP contribution < -0.4 is 16.4 Å². The molecule has 0 unspecified atom stereocenters. The number of rotatable bonds is 3. The molecule has 0 amide bonds. The van der Waals surface area contributed by atoms with Crippen molar-refractivity contribution in [2.75, 3.05) is 23.4 Å². The molecule has 90 valence electrons. The summed E-state index contributed by atoms with van der Waals surface area (Å²) in [4.78, 5) is 11.9. The summed E-state index contributed by atoms with van der Waals surface area (Å²) in [6, 6.07) is 8.97. The molecule has 7 heteroatoms. The molecule has 7 nitrogen and oxygen atoms in total. The van der Waals surface area contributed by atoms with Crippen molar-refractivity contribution in [1.29, 1.82) is 5.26 Å². The fourth-order valence-corrected chi connectivity index (χ4v) is 1.32. The van der Waals surface area contributed by atoms with Gasteiger partial charge < -0.3 is 16.4 Å². The topological polar surface area (TPSA) is 113 Å². The van der Waals surface area contributed by atoms with Gasteiger partial charge in [-0.15, -0.1) is 0 Å². The predicted octanol–water partition coefficient (Wildman–Crippen LogP) is 1.11. The van der Waals surface area contributed by atoms with E-state index in [9.17, 15) is 0 Å². The zero-order valence-electron chi connectivity index (χ0n) is 9.68. The smallest absolute Gasteiger partial charge is 0.233 e. The zero-order valence-corrected chi connectivity index (χ0v) is 9.68. The van der Waals surface area contributed by atoms with E-state index in [-0.39, 0.29) is 5.95 Å². The van der Waals surface area contributed by atoms with Gasteiger partial charge in [0, 0.05) is 12.7 Å². The summed E-state index contributed by atoms with van der Waals surface area (Å²) in [5.74, 6) is 0.862. The van der Waals surface area contributed by atoms with Crippen LogP contribution in [0.1, 0.15) is 5.56 Å². The van der Waals surface area contributed by atoms with Crippen LogP contribution in [0.4, 0.5) is 23.5 Å². The van der Waals surface area contributed by atoms with Gasteiger partial charge in [-0.25, -0.2) is 0 Å². The lowest BCUT2D eigenvalue weighted by atomic mass is 10.2. The lowest BCUT2D eigenvalue weighted by Gasteiger charge is -2.06. The van der Waals surface area contributed by atoms with E-state index in [1.165, 1.54) is 0 Å². The van der Waals surface area contributed by atoms with Crippen LogP contribution in [0.15, 0.2) is 24.3 Å². The van der Waals surface area contributed by atoms with Gasteiger partial charge in [0.15, 0.2) is 0 Å². The van der Waals surface area contributed by atoms with Gasteiger partial charge >= 0.3 is 0 Å². The van der Waals surface area contributed by atoms with E-state index in [0.29, 0.717) is 17.5 Å². The molecular weight excluding hydrogens is 230 g/mol. The summed E-state index contributed by atoms with van der Waals surface area (Å²) in [7, 11) is 1.69. The molecule has 1 aromatic heterocycles. The third kappa shape index (κ3) is 2.62. The van der Waals surface area contributed by atoms with Crippen LogP contribution in [0.3, 0.4) is 0 Å². The van der Waals surface area contributed by atoms with Gasteiger partial charge in [0.05, 0.1) is 11.6 Å². The molecule has 0 saturated heterocycles. The number of anilines is 4. The summed E-state index contributed by atoms with van der Waals surface area (Å²) in [5.41, 5.74) is 6.90. The minimum Gasteiger partial charge on any atom is -0.368 e. The fraction of sp³-hybridized carbons (Fsp3) is 0.0909. The van der Waals surface area contributed by atoms with Gasteiger partial charge in [-0.2, -0.15) is 20.2 Å². The van der Waals surface area contributed by atoms with E-state index < -0.39 is 0 Å². The van der Waals surface area contributed by atoms with Crippen molar-refractivity contribution >= 4 is 23.5 Å². The van der Waals surface area contributed by atoms with E-state index >= 15 is 0 Å². The van der Waals surface area contributed by atoms with Crippen LogP contribution in [0.5, 0.6) is 0 Å². The number of nitrogens with zero attached hydrogens (tertiary/aromatic N) is 4. The zero-order chi connectivity index (χ0) is 13.0. The largest absolute Gasteiger partial charge is 0.368 e. The highest BCUT2D eigenvalue weighted by atomic mass is 15.2. The molecule has 0 spiro atoms. The first kappa shape index (κ1) is 11.6. The SMILES string of the molecule is CNc1nc(N)nc(Nc2ccc(C#N)cc2)n1. The van der Waals surface area contributed by atoms with Crippen molar-refractivity contribution in [2.45, 2.75) is 0 Å². The van der Waals surface area contributed by atoms with Crippen molar-refractivity contribution in [2.24, 2.45) is 0 Å². The highest BCUT2D eigenvalue weighted by Crippen LogP contribution is 2.15. The molecule has 0 atom stereocenters. The summed E-state index contributed by atoms with van der Waals surface area (Å²) in [5, 5.41) is 14.5. The van der Waals surface area contributed by atoms with Crippen molar-refractivity contribution in [1.82, 2.24) is 15.0 Å². The van der Waals surface area contributed by atoms with Crippen molar-refractivity contribution in [3.05, 3.63) is 29.8 Å². The summed E-state index contributed by atoms with van der Waals surface area (Å²) in [6.07, 6.45) is 0. The van der Waals surface area contributed by atoms with E-state index in [1.54, 1.807) is 31.3 Å². The van der Waals surface area contributed by atoms with Gasteiger partial charge in [-0.3, -0.25) is 0 Å². The number of aromatic nitrogens is 3. The maximum Gasteiger partial charge on any atom is 0.233 e. The lowest BCUT2D eigenvalue weighted by molar-refractivity contribution is 1.07. The third-order valence-electron chi connectivity index (χ3n) is 2.15. The molecule has 0 saturated carbocycles. The average molecular weight is 241 g/mol. The number of nitrogens with two attached hydrogens (primary N) is 1. The number of hydrogen-bond donors (Lipinski definition) is 3. The Kier molecular flexibility index (Phi) is 3.20. The Morgan fingerprint density at radius 3 is 2.39 bits per heavy atom. The Labute approximate surface area is 104 Å². The molecule has 0 bridgehead atoms. The Bertz CT molecular complexity index is 585. The second kappa shape index (κ2) is 4.97. The molecule has 1 heterocycles. The number of nitrogens with one attached hydrogen (secondary N) is 2. The Morgan fingerprint density at radius 1 is 1.11 bits per heavy atom. The molecule has 18 heavy (non-hydrogen) atoms. The predicted molar refractivity (Wildman–Crippen MR) is 68.2 cm³/mol. The van der Waals surface area contributed by atoms with Crippen molar-refractivity contribution in [3.8, 4) is 6.07 Å². The monoisotopic (exact) mass is 241 g/mol. The van der Waals surface area contributed by atoms with Gasteiger partial charge in [-0.05, 0) is 24.3 Å². The maximum atomic E-state index is 8.69. The van der Waals surface area contributed by atoms with E-state index in [0.717, 1.165) is 5.69 Å². The molecule has 0 radical (unpaired) electrons. The maximum absolute atomic E-state index is 8.69. The van der Waals surface area contributed by atoms with Gasteiger partial charge in [0.2, 0.25) is 17.8 Å². The van der Waals surface area contributed by atoms with Crippen LogP contribution in [0.25, 0.3) is 0 Å². The number of hydrogen-bond acceptors (Lipinski definition) is 7. The van der Waals surface area contributed by atoms with E-state index in [2.05, 4.69) is 25.6 Å². The first-order chi connectivity index (χ1) is 8.71. The molecule has 0 aliphatic heterocycles. The summed E-state index contributed by atoms with van der Waals surface area (Å²) in [6.45, 7) is 0. The average Bonchev–Trinajstić information content (AvgIpc) is 2.39. The van der Waals surface area contributed by atoms with E-state index in [1.807, 2.05) is 6.07 Å². The highest BCUT2D eigenvalue weighted by molar-refractivity contribution is 5.56. The lowest BCUT2D eigenvalue weighted by Crippen LogP contribution is -2.06. The fourth-order valence-electron chi connectivity index (χ4n) is 1.32. The van der Waals surface area contributed by atoms with E-state index in [4.69, 9.17) is 11.0 Å². The molecule has 0 aliphatic rings. The standard InChI is InChI=1S/C11H11N7/c1-14-10-16-9(13)17-11(18-10)15-8-4-2-7(6-12)3-5-8/h2-5H,1H3,(H4,13,14,15,16,17,18). The molecule has 2 rings (SSSR count). The number of nitriles is 1. The van der Waals surface area contributed by atoms with Crippen LogP contribution in [0.2, 0.25) is 0 Å². The first-order valence-electron chi connectivity index (χ1n) is 5.18. The summed E-state index contributed by atoms with van der Waals surface area (Å²) >= 11 is 0. The molecule has 4 N–H and O–H groups in total. The Balaban J connectivity index is 2.22. The quantitative estimate of drug-likeness (QED) is 0.737. The molecule has 0 fully saturated rings. The second-order valence-electron chi connectivity index (χ2n) is 3.40. The highest BCUT2D eigenvalue weighted by Gasteiger charge is 2.03. The minimum absolute atomic E-state index is 0.130. The normalized spacial score (nSPS) is 9.56. The summed E-state index contributed by atoms with van der Waals surface area (Å²) < 4.78 is 0. The van der Waals surface area contributed by atoms with Crippen molar-refractivity contribution in [3.63, 3.8) is 0 Å². The molecule has 0 aliphatic carbocycles. The van der Waals surface area contributed by atoms with Gasteiger partial charge in [0.1, 0.15) is 0 Å². The second-order valence-corrected chi connectivity index (χ2v) is 3.40.